The summed E-state index contributed by atoms with van der Waals surface area (Å²) in [6.07, 6.45) is 2.35. The number of sulfonamides is 1. The van der Waals surface area contributed by atoms with Gasteiger partial charge in [0.25, 0.3) is 10.0 Å². The predicted octanol–water partition coefficient (Wildman–Crippen LogP) is 3.86. The van der Waals surface area contributed by atoms with E-state index >= 15 is 0 Å². The van der Waals surface area contributed by atoms with E-state index in [-0.39, 0.29) is 15.7 Å². The average molecular weight is 376 g/mol. The molecule has 0 fully saturated rings. The highest BCUT2D eigenvalue weighted by molar-refractivity contribution is 9.10. The lowest BCUT2D eigenvalue weighted by atomic mass is 10.2. The zero-order valence-corrected chi connectivity index (χ0v) is 13.8. The summed E-state index contributed by atoms with van der Waals surface area (Å²) >= 11 is 9.10. The first-order chi connectivity index (χ1) is 9.42. The fourth-order valence-corrected chi connectivity index (χ4v) is 3.20. The fourth-order valence-electron chi connectivity index (χ4n) is 1.60. The summed E-state index contributed by atoms with van der Waals surface area (Å²) in [6.45, 7) is 2.01. The van der Waals surface area contributed by atoms with Gasteiger partial charge in [-0.3, -0.25) is 4.72 Å². The molecule has 0 radical (unpaired) electrons. The van der Waals surface area contributed by atoms with Gasteiger partial charge in [-0.1, -0.05) is 30.7 Å². The van der Waals surface area contributed by atoms with E-state index in [0.29, 0.717) is 4.47 Å². The summed E-state index contributed by atoms with van der Waals surface area (Å²) < 4.78 is 27.6. The molecule has 0 amide bonds. The van der Waals surface area contributed by atoms with Crippen molar-refractivity contribution in [3.05, 3.63) is 51.7 Å². The molecule has 0 aliphatic carbocycles. The van der Waals surface area contributed by atoms with Crippen molar-refractivity contribution in [2.24, 2.45) is 0 Å². The third-order valence-electron chi connectivity index (χ3n) is 2.69. The maximum Gasteiger partial charge on any atom is 0.261 e. The van der Waals surface area contributed by atoms with Crippen LogP contribution in [0.25, 0.3) is 0 Å². The normalized spacial score (nSPS) is 11.3. The van der Waals surface area contributed by atoms with Crippen LogP contribution in [0.2, 0.25) is 5.15 Å². The van der Waals surface area contributed by atoms with Gasteiger partial charge in [0.05, 0.1) is 10.6 Å². The minimum atomic E-state index is -3.67. The van der Waals surface area contributed by atoms with Crippen LogP contribution < -0.4 is 4.72 Å². The first-order valence-corrected chi connectivity index (χ1v) is 8.50. The first kappa shape index (κ1) is 15.3. The molecule has 7 heteroatoms. The summed E-state index contributed by atoms with van der Waals surface area (Å²) in [5.74, 6) is 0. The number of hydrogen-bond acceptors (Lipinski definition) is 3. The molecule has 0 spiro atoms. The number of pyridine rings is 1. The molecule has 20 heavy (non-hydrogen) atoms. The number of aromatic nitrogens is 1. The third-order valence-corrected chi connectivity index (χ3v) is 4.81. The molecule has 0 atom stereocenters. The van der Waals surface area contributed by atoms with Crippen LogP contribution in [-0.4, -0.2) is 13.4 Å². The van der Waals surface area contributed by atoms with Crippen LogP contribution in [0.4, 0.5) is 5.69 Å². The zero-order valence-electron chi connectivity index (χ0n) is 10.6. The molecule has 1 heterocycles. The topological polar surface area (TPSA) is 59.1 Å². The minimum absolute atomic E-state index is 0.0990. The van der Waals surface area contributed by atoms with E-state index in [1.54, 1.807) is 30.3 Å². The Morgan fingerprint density at radius 1 is 1.30 bits per heavy atom. The van der Waals surface area contributed by atoms with Gasteiger partial charge in [0.15, 0.2) is 5.15 Å². The molecule has 0 aliphatic rings. The van der Waals surface area contributed by atoms with Gasteiger partial charge in [-0.2, -0.15) is 0 Å². The number of aryl methyl sites for hydroxylation is 1. The molecule has 2 rings (SSSR count). The standard InChI is InChI=1S/C13H12BrClN2O2S/c1-2-9-3-5-11(6-4-9)20(18,19)17-12-7-10(14)8-16-13(12)15/h3-8,17H,2H2,1H3. The average Bonchev–Trinajstić information content (AvgIpc) is 2.43. The van der Waals surface area contributed by atoms with Crippen molar-refractivity contribution in [2.45, 2.75) is 18.2 Å². The number of nitrogens with zero attached hydrogens (tertiary/aromatic N) is 1. The quantitative estimate of drug-likeness (QED) is 0.826. The van der Waals surface area contributed by atoms with Gasteiger partial charge in [0, 0.05) is 10.7 Å². The van der Waals surface area contributed by atoms with Gasteiger partial charge in [0.2, 0.25) is 0 Å². The van der Waals surface area contributed by atoms with Gasteiger partial charge >= 0.3 is 0 Å². The molecule has 106 valence electrons. The summed E-state index contributed by atoms with van der Waals surface area (Å²) in [5.41, 5.74) is 1.31. The number of benzene rings is 1. The smallest absolute Gasteiger partial charge is 0.261 e. The Balaban J connectivity index is 2.32. The fraction of sp³-hybridized carbons (Fsp3) is 0.154. The van der Waals surface area contributed by atoms with Crippen LogP contribution in [0.15, 0.2) is 45.9 Å². The maximum absolute atomic E-state index is 12.3. The molecule has 1 aromatic carbocycles. The van der Waals surface area contributed by atoms with Gasteiger partial charge in [-0.25, -0.2) is 13.4 Å². The van der Waals surface area contributed by atoms with E-state index in [0.717, 1.165) is 12.0 Å². The summed E-state index contributed by atoms with van der Waals surface area (Å²) in [5, 5.41) is 0.0990. The molecule has 2 aromatic rings. The largest absolute Gasteiger partial charge is 0.276 e. The minimum Gasteiger partial charge on any atom is -0.276 e. The highest BCUT2D eigenvalue weighted by Gasteiger charge is 2.16. The first-order valence-electron chi connectivity index (χ1n) is 5.85. The number of hydrogen-bond donors (Lipinski definition) is 1. The predicted molar refractivity (Wildman–Crippen MR) is 83.6 cm³/mol. The molecule has 1 N–H and O–H groups in total. The lowest BCUT2D eigenvalue weighted by Gasteiger charge is -2.09. The van der Waals surface area contributed by atoms with E-state index in [9.17, 15) is 8.42 Å². The van der Waals surface area contributed by atoms with E-state index in [2.05, 4.69) is 25.6 Å². The molecule has 0 saturated heterocycles. The number of nitrogens with one attached hydrogen (secondary N) is 1. The molecular formula is C13H12BrClN2O2S. The van der Waals surface area contributed by atoms with Crippen LogP contribution >= 0.6 is 27.5 Å². The number of halogens is 2. The Kier molecular flexibility index (Phi) is 4.67. The second-order valence-electron chi connectivity index (χ2n) is 4.09. The lowest BCUT2D eigenvalue weighted by Crippen LogP contribution is -2.13. The summed E-state index contributed by atoms with van der Waals surface area (Å²) in [6, 6.07) is 8.28. The Labute approximate surface area is 131 Å². The van der Waals surface area contributed by atoms with Gasteiger partial charge in [-0.05, 0) is 46.1 Å². The molecule has 0 aliphatic heterocycles. The summed E-state index contributed by atoms with van der Waals surface area (Å²) in [7, 11) is -3.67. The van der Waals surface area contributed by atoms with Gasteiger partial charge < -0.3 is 0 Å². The van der Waals surface area contributed by atoms with Crippen LogP contribution in [0.5, 0.6) is 0 Å². The molecule has 1 aromatic heterocycles. The molecular weight excluding hydrogens is 364 g/mol. The Morgan fingerprint density at radius 2 is 1.95 bits per heavy atom. The SMILES string of the molecule is CCc1ccc(S(=O)(=O)Nc2cc(Br)cnc2Cl)cc1. The van der Waals surface area contributed by atoms with Crippen molar-refractivity contribution in [2.75, 3.05) is 4.72 Å². The monoisotopic (exact) mass is 374 g/mol. The van der Waals surface area contributed by atoms with Crippen LogP contribution in [0.1, 0.15) is 12.5 Å². The van der Waals surface area contributed by atoms with E-state index < -0.39 is 10.0 Å². The van der Waals surface area contributed by atoms with E-state index in [1.165, 1.54) is 6.20 Å². The van der Waals surface area contributed by atoms with Gasteiger partial charge in [0.1, 0.15) is 0 Å². The lowest BCUT2D eigenvalue weighted by molar-refractivity contribution is 0.601. The van der Waals surface area contributed by atoms with Crippen molar-refractivity contribution >= 4 is 43.2 Å². The Morgan fingerprint density at radius 3 is 2.55 bits per heavy atom. The molecule has 0 unspecified atom stereocenters. The highest BCUT2D eigenvalue weighted by Crippen LogP contribution is 2.25. The van der Waals surface area contributed by atoms with Crippen molar-refractivity contribution < 1.29 is 8.42 Å². The van der Waals surface area contributed by atoms with Crippen LogP contribution in [-0.2, 0) is 16.4 Å². The zero-order chi connectivity index (χ0) is 14.8. The van der Waals surface area contributed by atoms with Crippen molar-refractivity contribution in [3.63, 3.8) is 0 Å². The van der Waals surface area contributed by atoms with Crippen molar-refractivity contribution in [1.29, 1.82) is 0 Å². The molecule has 0 saturated carbocycles. The van der Waals surface area contributed by atoms with Crippen LogP contribution in [0, 0.1) is 0 Å². The van der Waals surface area contributed by atoms with Crippen molar-refractivity contribution in [1.82, 2.24) is 4.98 Å². The van der Waals surface area contributed by atoms with Gasteiger partial charge in [-0.15, -0.1) is 0 Å². The number of rotatable bonds is 4. The Hall–Kier alpha value is -1.11. The third kappa shape index (κ3) is 3.50. The van der Waals surface area contributed by atoms with E-state index in [4.69, 9.17) is 11.6 Å². The van der Waals surface area contributed by atoms with E-state index in [1.807, 2.05) is 6.92 Å². The molecule has 0 bridgehead atoms. The maximum atomic E-state index is 12.3. The summed E-state index contributed by atoms with van der Waals surface area (Å²) in [4.78, 5) is 4.06. The highest BCUT2D eigenvalue weighted by atomic mass is 79.9. The second kappa shape index (κ2) is 6.11. The van der Waals surface area contributed by atoms with Crippen molar-refractivity contribution in [3.8, 4) is 0 Å². The molecule has 4 nitrogen and oxygen atoms in total. The van der Waals surface area contributed by atoms with Crippen LogP contribution in [0.3, 0.4) is 0 Å². The Bertz CT molecular complexity index is 718. The second-order valence-corrected chi connectivity index (χ2v) is 7.05. The number of anilines is 1.